The van der Waals surface area contributed by atoms with Gasteiger partial charge in [0.25, 0.3) is 0 Å². The van der Waals surface area contributed by atoms with Gasteiger partial charge in [0.1, 0.15) is 11.6 Å². The Hall–Kier alpha value is -3.22. The Bertz CT molecular complexity index is 1170. The number of anilines is 1. The smallest absolute Gasteiger partial charge is 0.228 e. The number of benzene rings is 1. The van der Waals surface area contributed by atoms with Gasteiger partial charge in [-0.1, -0.05) is 18.2 Å². The van der Waals surface area contributed by atoms with Crippen molar-refractivity contribution >= 4 is 28.5 Å². The second kappa shape index (κ2) is 7.80. The summed E-state index contributed by atoms with van der Waals surface area (Å²) in [6, 6.07) is 8.18. The van der Waals surface area contributed by atoms with Crippen LogP contribution >= 0.6 is 0 Å². The van der Waals surface area contributed by atoms with Gasteiger partial charge in [-0.15, -0.1) is 0 Å². The molecule has 7 heteroatoms. The van der Waals surface area contributed by atoms with Gasteiger partial charge >= 0.3 is 0 Å². The number of likely N-dealkylation sites (tertiary alicyclic amines) is 1. The second-order valence-corrected chi connectivity index (χ2v) is 8.61. The molecule has 160 valence electrons. The minimum absolute atomic E-state index is 0.0945. The number of carbonyl (C=O) groups excluding carboxylic acids is 2. The molecule has 1 N–H and O–H groups in total. The predicted molar refractivity (Wildman–Crippen MR) is 119 cm³/mol. The number of rotatable bonds is 4. The van der Waals surface area contributed by atoms with E-state index in [2.05, 4.69) is 17.1 Å². The monoisotopic (exact) mass is 417 g/mol. The highest BCUT2D eigenvalue weighted by atomic mass is 16.2. The minimum Gasteiger partial charge on any atom is -0.361 e. The number of nitrogens with one attached hydrogen (secondary N) is 1. The zero-order valence-electron chi connectivity index (χ0n) is 18.0. The lowest BCUT2D eigenvalue weighted by atomic mass is 10.0. The van der Waals surface area contributed by atoms with Crippen LogP contribution in [0.4, 0.5) is 5.82 Å². The molecular weight excluding hydrogens is 390 g/mol. The fourth-order valence-corrected chi connectivity index (χ4v) is 4.81. The van der Waals surface area contributed by atoms with Crippen LogP contribution in [0.25, 0.3) is 10.9 Å². The van der Waals surface area contributed by atoms with Crippen LogP contribution in [-0.2, 0) is 22.4 Å². The van der Waals surface area contributed by atoms with Crippen molar-refractivity contribution in [1.82, 2.24) is 19.9 Å². The number of aromatic amines is 1. The standard InChI is InChI=1S/C24H27N5O2/c1-15-18-8-10-21(30)28(2)24(18)27-23(26-15)17-11-12-29(14-17)22(31)9-7-16-13-25-20-6-4-3-5-19(16)20/h3-6,13,17,25H,7-12,14H2,1-2H3. The van der Waals surface area contributed by atoms with E-state index in [4.69, 9.17) is 9.97 Å². The molecule has 3 aromatic rings. The molecule has 7 nitrogen and oxygen atoms in total. The van der Waals surface area contributed by atoms with E-state index in [1.54, 1.807) is 11.9 Å². The molecular formula is C24H27N5O2. The lowest BCUT2D eigenvalue weighted by Crippen LogP contribution is -2.33. The van der Waals surface area contributed by atoms with Crippen LogP contribution in [0, 0.1) is 6.92 Å². The van der Waals surface area contributed by atoms with E-state index >= 15 is 0 Å². The normalized spacial score (nSPS) is 18.6. The van der Waals surface area contributed by atoms with E-state index in [9.17, 15) is 9.59 Å². The maximum atomic E-state index is 12.9. The molecule has 4 heterocycles. The van der Waals surface area contributed by atoms with Crippen molar-refractivity contribution in [3.63, 3.8) is 0 Å². The summed E-state index contributed by atoms with van der Waals surface area (Å²) in [5, 5.41) is 1.19. The number of fused-ring (bicyclic) bond motifs is 2. The van der Waals surface area contributed by atoms with Crippen LogP contribution in [0.5, 0.6) is 0 Å². The highest BCUT2D eigenvalue weighted by Crippen LogP contribution is 2.31. The Labute approximate surface area is 181 Å². The van der Waals surface area contributed by atoms with Crippen molar-refractivity contribution in [2.45, 2.75) is 44.9 Å². The number of nitrogens with zero attached hydrogens (tertiary/aromatic N) is 4. The third kappa shape index (κ3) is 3.58. The summed E-state index contributed by atoms with van der Waals surface area (Å²) in [5.41, 5.74) is 4.30. The molecule has 2 aliphatic heterocycles. The third-order valence-electron chi connectivity index (χ3n) is 6.68. The van der Waals surface area contributed by atoms with Crippen molar-refractivity contribution in [3.05, 3.63) is 53.1 Å². The van der Waals surface area contributed by atoms with E-state index in [0.717, 1.165) is 47.8 Å². The second-order valence-electron chi connectivity index (χ2n) is 8.61. The van der Waals surface area contributed by atoms with Crippen LogP contribution in [0.3, 0.4) is 0 Å². The quantitative estimate of drug-likeness (QED) is 0.707. The highest BCUT2D eigenvalue weighted by molar-refractivity contribution is 5.94. The Morgan fingerprint density at radius 1 is 1.23 bits per heavy atom. The highest BCUT2D eigenvalue weighted by Gasteiger charge is 2.32. The third-order valence-corrected chi connectivity index (χ3v) is 6.68. The zero-order chi connectivity index (χ0) is 21.5. The van der Waals surface area contributed by atoms with E-state index in [0.29, 0.717) is 25.8 Å². The fourth-order valence-electron chi connectivity index (χ4n) is 4.81. The largest absolute Gasteiger partial charge is 0.361 e. The van der Waals surface area contributed by atoms with Crippen LogP contribution in [0.2, 0.25) is 0 Å². The number of aryl methyl sites for hydroxylation is 2. The summed E-state index contributed by atoms with van der Waals surface area (Å²) in [6.45, 7) is 3.36. The van der Waals surface area contributed by atoms with Gasteiger partial charge in [0.15, 0.2) is 0 Å². The number of hydrogen-bond donors (Lipinski definition) is 1. The first-order valence-corrected chi connectivity index (χ1v) is 11.0. The molecule has 1 fully saturated rings. The summed E-state index contributed by atoms with van der Waals surface area (Å²) < 4.78 is 0. The maximum absolute atomic E-state index is 12.9. The van der Waals surface area contributed by atoms with E-state index in [1.807, 2.05) is 30.2 Å². The van der Waals surface area contributed by atoms with E-state index in [-0.39, 0.29) is 17.7 Å². The molecule has 5 rings (SSSR count). The first-order chi connectivity index (χ1) is 15.0. The number of amides is 2. The van der Waals surface area contributed by atoms with Crippen LogP contribution in [-0.4, -0.2) is 51.8 Å². The molecule has 1 aromatic carbocycles. The average Bonchev–Trinajstić information content (AvgIpc) is 3.42. The molecule has 0 aliphatic carbocycles. The number of H-pyrrole nitrogens is 1. The molecule has 1 unspecified atom stereocenters. The Morgan fingerprint density at radius 3 is 2.94 bits per heavy atom. The van der Waals surface area contributed by atoms with Gasteiger partial charge in [-0.25, -0.2) is 9.97 Å². The Morgan fingerprint density at radius 2 is 2.06 bits per heavy atom. The SMILES string of the molecule is Cc1nc(C2CCN(C(=O)CCc3c[nH]c4ccccc34)C2)nc2c1CCC(=O)N2C. The fraction of sp³-hybridized carbons (Fsp3) is 0.417. The van der Waals surface area contributed by atoms with Gasteiger partial charge in [-0.2, -0.15) is 0 Å². The lowest BCUT2D eigenvalue weighted by Gasteiger charge is -2.26. The van der Waals surface area contributed by atoms with Crippen molar-refractivity contribution < 1.29 is 9.59 Å². The van der Waals surface area contributed by atoms with Crippen molar-refractivity contribution in [2.24, 2.45) is 0 Å². The first-order valence-electron chi connectivity index (χ1n) is 11.0. The van der Waals surface area contributed by atoms with Gasteiger partial charge in [0, 0.05) is 67.3 Å². The summed E-state index contributed by atoms with van der Waals surface area (Å²) >= 11 is 0. The van der Waals surface area contributed by atoms with Gasteiger partial charge in [-0.3, -0.25) is 14.5 Å². The average molecular weight is 418 g/mol. The van der Waals surface area contributed by atoms with Crippen molar-refractivity contribution in [1.29, 1.82) is 0 Å². The van der Waals surface area contributed by atoms with Gasteiger partial charge in [0.05, 0.1) is 0 Å². The molecule has 0 spiro atoms. The molecule has 2 amide bonds. The molecule has 1 atom stereocenters. The zero-order valence-corrected chi connectivity index (χ0v) is 18.0. The van der Waals surface area contributed by atoms with Crippen molar-refractivity contribution in [3.8, 4) is 0 Å². The summed E-state index contributed by atoms with van der Waals surface area (Å²) in [7, 11) is 1.78. The minimum atomic E-state index is 0.0945. The molecule has 2 aromatic heterocycles. The van der Waals surface area contributed by atoms with Crippen LogP contribution in [0.15, 0.2) is 30.5 Å². The molecule has 1 saturated heterocycles. The molecule has 31 heavy (non-hydrogen) atoms. The first kappa shape index (κ1) is 19.7. The van der Waals surface area contributed by atoms with Crippen LogP contribution < -0.4 is 4.90 Å². The molecule has 0 bridgehead atoms. The lowest BCUT2D eigenvalue weighted by molar-refractivity contribution is -0.130. The Kier molecular flexibility index (Phi) is 4.96. The predicted octanol–water partition coefficient (Wildman–Crippen LogP) is 3.12. The number of hydrogen-bond acceptors (Lipinski definition) is 4. The maximum Gasteiger partial charge on any atom is 0.228 e. The Balaban J connectivity index is 1.26. The van der Waals surface area contributed by atoms with Crippen molar-refractivity contribution in [2.75, 3.05) is 25.0 Å². The van der Waals surface area contributed by atoms with Gasteiger partial charge in [-0.05, 0) is 37.8 Å². The number of para-hydroxylation sites is 1. The van der Waals surface area contributed by atoms with E-state index in [1.165, 1.54) is 10.9 Å². The van der Waals surface area contributed by atoms with Gasteiger partial charge < -0.3 is 9.88 Å². The number of aromatic nitrogens is 3. The topological polar surface area (TPSA) is 82.2 Å². The molecule has 0 radical (unpaired) electrons. The molecule has 0 saturated carbocycles. The summed E-state index contributed by atoms with van der Waals surface area (Å²) in [6.07, 6.45) is 5.30. The van der Waals surface area contributed by atoms with Gasteiger partial charge in [0.2, 0.25) is 11.8 Å². The van der Waals surface area contributed by atoms with Crippen LogP contribution in [0.1, 0.15) is 47.8 Å². The summed E-state index contributed by atoms with van der Waals surface area (Å²) in [4.78, 5) is 41.3. The molecule has 2 aliphatic rings. The number of carbonyl (C=O) groups is 2. The van der Waals surface area contributed by atoms with E-state index < -0.39 is 0 Å². The summed E-state index contributed by atoms with van der Waals surface area (Å²) in [5.74, 6) is 1.88.